The maximum absolute atomic E-state index is 12.3. The van der Waals surface area contributed by atoms with Gasteiger partial charge in [-0.3, -0.25) is 14.2 Å². The fourth-order valence-electron chi connectivity index (χ4n) is 2.30. The highest BCUT2D eigenvalue weighted by atomic mass is 79.9. The molecule has 2 N–H and O–H groups in total. The fourth-order valence-corrected chi connectivity index (χ4v) is 2.57. The number of anilines is 1. The molecule has 0 unspecified atom stereocenters. The van der Waals surface area contributed by atoms with Crippen molar-refractivity contribution in [2.75, 3.05) is 5.32 Å². The molecule has 1 amide bonds. The molecule has 9 heteroatoms. The van der Waals surface area contributed by atoms with Crippen LogP contribution < -0.4 is 5.32 Å². The number of carbonyl (C=O) groups excluding carboxylic acids is 1. The highest BCUT2D eigenvalue weighted by molar-refractivity contribution is 9.10. The van der Waals surface area contributed by atoms with Crippen LogP contribution in [0.25, 0.3) is 0 Å². The van der Waals surface area contributed by atoms with Crippen LogP contribution in [0, 0.1) is 0 Å². The molecule has 3 aromatic rings. The molecule has 8 nitrogen and oxygen atoms in total. The van der Waals surface area contributed by atoms with E-state index in [1.165, 1.54) is 17.1 Å². The number of carbonyl (C=O) groups is 2. The van der Waals surface area contributed by atoms with E-state index >= 15 is 0 Å². The van der Waals surface area contributed by atoms with Gasteiger partial charge >= 0.3 is 5.97 Å². The number of carboxylic acid groups (broad SMARTS) is 1. The summed E-state index contributed by atoms with van der Waals surface area (Å²) in [6.07, 6.45) is 4.55. The molecule has 1 aromatic carbocycles. The van der Waals surface area contributed by atoms with Gasteiger partial charge in [0.2, 0.25) is 0 Å². The summed E-state index contributed by atoms with van der Waals surface area (Å²) in [6.45, 7) is 0.552. The van der Waals surface area contributed by atoms with Crippen LogP contribution in [0.15, 0.2) is 47.3 Å². The molecule has 128 valence electrons. The van der Waals surface area contributed by atoms with E-state index in [0.717, 1.165) is 10.0 Å². The second-order valence-corrected chi connectivity index (χ2v) is 6.29. The van der Waals surface area contributed by atoms with Crippen LogP contribution in [0.3, 0.4) is 0 Å². The van der Waals surface area contributed by atoms with Crippen molar-refractivity contribution in [1.29, 1.82) is 0 Å². The molecule has 3 rings (SSSR count). The first-order chi connectivity index (χ1) is 11.9. The van der Waals surface area contributed by atoms with Crippen LogP contribution in [-0.2, 0) is 13.6 Å². The Morgan fingerprint density at radius 2 is 1.96 bits per heavy atom. The minimum atomic E-state index is -1.25. The standard InChI is InChI=1S/C16H14BrN5O3/c1-21-9-13(14(20-21)16(24)25)15(23)19-12-6-18-22(8-12)7-10-2-4-11(17)5-3-10/h2-6,8-9H,7H2,1H3,(H,19,23)(H,24,25). The first-order valence-corrected chi connectivity index (χ1v) is 8.07. The van der Waals surface area contributed by atoms with Crippen molar-refractivity contribution >= 4 is 33.5 Å². The van der Waals surface area contributed by atoms with Gasteiger partial charge in [0.1, 0.15) is 0 Å². The van der Waals surface area contributed by atoms with Crippen molar-refractivity contribution in [3.8, 4) is 0 Å². The fraction of sp³-hybridized carbons (Fsp3) is 0.125. The third-order valence-corrected chi connectivity index (χ3v) is 3.95. The summed E-state index contributed by atoms with van der Waals surface area (Å²) < 4.78 is 3.96. The van der Waals surface area contributed by atoms with Crippen LogP contribution >= 0.6 is 15.9 Å². The molecule has 0 aliphatic rings. The Hall–Kier alpha value is -2.94. The summed E-state index contributed by atoms with van der Waals surface area (Å²) in [4.78, 5) is 23.4. The maximum atomic E-state index is 12.3. The van der Waals surface area contributed by atoms with Gasteiger partial charge in [-0.25, -0.2) is 4.79 Å². The number of aromatic carboxylic acids is 1. The summed E-state index contributed by atoms with van der Waals surface area (Å²) in [7, 11) is 1.56. The second kappa shape index (κ2) is 6.89. The number of aryl methyl sites for hydroxylation is 1. The smallest absolute Gasteiger partial charge is 0.357 e. The number of nitrogens with zero attached hydrogens (tertiary/aromatic N) is 4. The van der Waals surface area contributed by atoms with Crippen molar-refractivity contribution in [1.82, 2.24) is 19.6 Å². The van der Waals surface area contributed by atoms with Gasteiger partial charge < -0.3 is 10.4 Å². The molecule has 0 bridgehead atoms. The van der Waals surface area contributed by atoms with Crippen molar-refractivity contribution in [3.05, 3.63) is 64.1 Å². The maximum Gasteiger partial charge on any atom is 0.357 e. The zero-order chi connectivity index (χ0) is 18.0. The summed E-state index contributed by atoms with van der Waals surface area (Å²) in [6, 6.07) is 7.83. The topological polar surface area (TPSA) is 102 Å². The van der Waals surface area contributed by atoms with E-state index in [1.807, 2.05) is 24.3 Å². The van der Waals surface area contributed by atoms with Crippen molar-refractivity contribution in [3.63, 3.8) is 0 Å². The average molecular weight is 404 g/mol. The van der Waals surface area contributed by atoms with Gasteiger partial charge in [0.05, 0.1) is 24.0 Å². The molecule has 0 fully saturated rings. The molecule has 0 saturated carbocycles. The summed E-state index contributed by atoms with van der Waals surface area (Å²) >= 11 is 3.38. The van der Waals surface area contributed by atoms with E-state index in [9.17, 15) is 9.59 Å². The molecule has 25 heavy (non-hydrogen) atoms. The van der Waals surface area contributed by atoms with Gasteiger partial charge in [-0.2, -0.15) is 10.2 Å². The van der Waals surface area contributed by atoms with Gasteiger partial charge in [-0.1, -0.05) is 28.1 Å². The lowest BCUT2D eigenvalue weighted by atomic mass is 10.2. The van der Waals surface area contributed by atoms with E-state index in [-0.39, 0.29) is 11.3 Å². The van der Waals surface area contributed by atoms with Crippen LogP contribution in [0.5, 0.6) is 0 Å². The van der Waals surface area contributed by atoms with Crippen molar-refractivity contribution < 1.29 is 14.7 Å². The molecule has 0 aliphatic carbocycles. The largest absolute Gasteiger partial charge is 0.476 e. The average Bonchev–Trinajstić information content (AvgIpc) is 3.16. The van der Waals surface area contributed by atoms with E-state index in [1.54, 1.807) is 17.9 Å². The molecule has 2 heterocycles. The number of hydrogen-bond donors (Lipinski definition) is 2. The van der Waals surface area contributed by atoms with Crippen LogP contribution in [0.1, 0.15) is 26.4 Å². The lowest BCUT2D eigenvalue weighted by molar-refractivity contribution is 0.0685. The minimum Gasteiger partial charge on any atom is -0.476 e. The summed E-state index contributed by atoms with van der Waals surface area (Å²) in [5, 5.41) is 19.7. The molecule has 0 saturated heterocycles. The number of halogens is 1. The highest BCUT2D eigenvalue weighted by Crippen LogP contribution is 2.14. The van der Waals surface area contributed by atoms with Crippen LogP contribution in [0.2, 0.25) is 0 Å². The Balaban J connectivity index is 1.72. The Kier molecular flexibility index (Phi) is 4.66. The number of rotatable bonds is 5. The van der Waals surface area contributed by atoms with Gasteiger partial charge in [0.15, 0.2) is 5.69 Å². The van der Waals surface area contributed by atoms with Crippen molar-refractivity contribution in [2.24, 2.45) is 7.05 Å². The Bertz CT molecular complexity index is 930. The minimum absolute atomic E-state index is 0.00402. The van der Waals surface area contributed by atoms with Crippen molar-refractivity contribution in [2.45, 2.75) is 6.54 Å². The zero-order valence-corrected chi connectivity index (χ0v) is 14.8. The molecular weight excluding hydrogens is 390 g/mol. The molecular formula is C16H14BrN5O3. The normalized spacial score (nSPS) is 10.6. The summed E-state index contributed by atoms with van der Waals surface area (Å²) in [5.74, 6) is -1.80. The van der Waals surface area contributed by atoms with Gasteiger partial charge in [0.25, 0.3) is 5.91 Å². The number of nitrogens with one attached hydrogen (secondary N) is 1. The SMILES string of the molecule is Cn1cc(C(=O)Nc2cnn(Cc3ccc(Br)cc3)c2)c(C(=O)O)n1. The van der Waals surface area contributed by atoms with E-state index < -0.39 is 11.9 Å². The van der Waals surface area contributed by atoms with Gasteiger partial charge in [-0.15, -0.1) is 0 Å². The highest BCUT2D eigenvalue weighted by Gasteiger charge is 2.21. The predicted octanol–water partition coefficient (Wildman–Crippen LogP) is 2.38. The number of hydrogen-bond acceptors (Lipinski definition) is 4. The lowest BCUT2D eigenvalue weighted by Crippen LogP contribution is -2.15. The monoisotopic (exact) mass is 403 g/mol. The van der Waals surface area contributed by atoms with Crippen LogP contribution in [0.4, 0.5) is 5.69 Å². The number of benzene rings is 1. The number of amides is 1. The second-order valence-electron chi connectivity index (χ2n) is 5.38. The Morgan fingerprint density at radius 1 is 1.24 bits per heavy atom. The van der Waals surface area contributed by atoms with E-state index in [0.29, 0.717) is 12.2 Å². The molecule has 0 atom stereocenters. The predicted molar refractivity (Wildman–Crippen MR) is 93.6 cm³/mol. The Morgan fingerprint density at radius 3 is 2.64 bits per heavy atom. The zero-order valence-electron chi connectivity index (χ0n) is 13.2. The first kappa shape index (κ1) is 16.9. The van der Waals surface area contributed by atoms with E-state index in [2.05, 4.69) is 31.4 Å². The quantitative estimate of drug-likeness (QED) is 0.680. The number of aromatic nitrogens is 4. The third-order valence-electron chi connectivity index (χ3n) is 3.42. The Labute approximate surface area is 151 Å². The van der Waals surface area contributed by atoms with Gasteiger partial charge in [-0.05, 0) is 17.7 Å². The third kappa shape index (κ3) is 3.94. The molecule has 0 spiro atoms. The molecule has 0 radical (unpaired) electrons. The molecule has 0 aliphatic heterocycles. The van der Waals surface area contributed by atoms with E-state index in [4.69, 9.17) is 5.11 Å². The molecule has 2 aromatic heterocycles. The van der Waals surface area contributed by atoms with Gasteiger partial charge in [0, 0.05) is 23.9 Å². The number of carboxylic acids is 1. The summed E-state index contributed by atoms with van der Waals surface area (Å²) in [5.41, 5.74) is 1.24. The first-order valence-electron chi connectivity index (χ1n) is 7.27. The van der Waals surface area contributed by atoms with Crippen LogP contribution in [-0.4, -0.2) is 36.5 Å². The lowest BCUT2D eigenvalue weighted by Gasteiger charge is -2.02.